The number of pyridine rings is 1. The first-order valence-electron chi connectivity index (χ1n) is 5.24. The van der Waals surface area contributed by atoms with Gasteiger partial charge in [0.2, 0.25) is 0 Å². The standard InChI is InChI=1S/C13H10BrN3/c14-12-11-8-10(15)6-7-17(11)13(16-12)9-4-2-1-3-5-9/h1-8H,15H2. The highest BCUT2D eigenvalue weighted by molar-refractivity contribution is 9.10. The van der Waals surface area contributed by atoms with Crippen molar-refractivity contribution < 1.29 is 0 Å². The fraction of sp³-hybridized carbons (Fsp3) is 0. The Bertz CT molecular complexity index is 674. The molecule has 17 heavy (non-hydrogen) atoms. The third kappa shape index (κ3) is 1.70. The van der Waals surface area contributed by atoms with Gasteiger partial charge in [0, 0.05) is 17.4 Å². The minimum Gasteiger partial charge on any atom is -0.399 e. The first-order valence-corrected chi connectivity index (χ1v) is 6.03. The van der Waals surface area contributed by atoms with Crippen molar-refractivity contribution in [1.82, 2.24) is 9.38 Å². The van der Waals surface area contributed by atoms with Crippen LogP contribution in [0.1, 0.15) is 0 Å². The molecule has 3 rings (SSSR count). The zero-order valence-corrected chi connectivity index (χ0v) is 10.6. The Morgan fingerprint density at radius 3 is 2.65 bits per heavy atom. The molecule has 3 nitrogen and oxygen atoms in total. The lowest BCUT2D eigenvalue weighted by Crippen LogP contribution is -1.91. The lowest BCUT2D eigenvalue weighted by molar-refractivity contribution is 1.16. The van der Waals surface area contributed by atoms with Crippen LogP contribution in [0.4, 0.5) is 5.69 Å². The molecule has 2 N–H and O–H groups in total. The van der Waals surface area contributed by atoms with Gasteiger partial charge in [-0.3, -0.25) is 4.40 Å². The summed E-state index contributed by atoms with van der Waals surface area (Å²) in [6, 6.07) is 13.8. The van der Waals surface area contributed by atoms with Gasteiger partial charge in [-0.25, -0.2) is 4.98 Å². The van der Waals surface area contributed by atoms with E-state index in [4.69, 9.17) is 5.73 Å². The van der Waals surface area contributed by atoms with E-state index >= 15 is 0 Å². The quantitative estimate of drug-likeness (QED) is 0.746. The summed E-state index contributed by atoms with van der Waals surface area (Å²) in [7, 11) is 0. The molecule has 0 radical (unpaired) electrons. The van der Waals surface area contributed by atoms with Gasteiger partial charge < -0.3 is 5.73 Å². The topological polar surface area (TPSA) is 43.3 Å². The molecule has 0 saturated heterocycles. The van der Waals surface area contributed by atoms with Crippen LogP contribution in [-0.4, -0.2) is 9.38 Å². The molecular formula is C13H10BrN3. The predicted molar refractivity (Wildman–Crippen MR) is 72.7 cm³/mol. The van der Waals surface area contributed by atoms with Crippen LogP contribution in [0.5, 0.6) is 0 Å². The lowest BCUT2D eigenvalue weighted by atomic mass is 10.2. The van der Waals surface area contributed by atoms with Gasteiger partial charge >= 0.3 is 0 Å². The van der Waals surface area contributed by atoms with E-state index in [0.29, 0.717) is 0 Å². The number of halogens is 1. The fourth-order valence-electron chi connectivity index (χ4n) is 1.86. The minimum absolute atomic E-state index is 0.734. The van der Waals surface area contributed by atoms with Gasteiger partial charge in [0.15, 0.2) is 0 Å². The highest BCUT2D eigenvalue weighted by Gasteiger charge is 2.10. The van der Waals surface area contributed by atoms with Crippen LogP contribution in [0.3, 0.4) is 0 Å². The number of nitrogens with zero attached hydrogens (tertiary/aromatic N) is 2. The smallest absolute Gasteiger partial charge is 0.145 e. The maximum atomic E-state index is 5.78. The van der Waals surface area contributed by atoms with Crippen LogP contribution in [0.2, 0.25) is 0 Å². The van der Waals surface area contributed by atoms with E-state index in [0.717, 1.165) is 27.2 Å². The molecular weight excluding hydrogens is 278 g/mol. The normalized spacial score (nSPS) is 10.9. The monoisotopic (exact) mass is 287 g/mol. The number of anilines is 1. The third-order valence-corrected chi connectivity index (χ3v) is 3.24. The van der Waals surface area contributed by atoms with Gasteiger partial charge in [-0.15, -0.1) is 0 Å². The van der Waals surface area contributed by atoms with Crippen molar-refractivity contribution in [2.24, 2.45) is 0 Å². The number of hydrogen-bond donors (Lipinski definition) is 1. The van der Waals surface area contributed by atoms with E-state index in [1.54, 1.807) is 0 Å². The Morgan fingerprint density at radius 1 is 1.12 bits per heavy atom. The average Bonchev–Trinajstić information content (AvgIpc) is 2.68. The van der Waals surface area contributed by atoms with Crippen LogP contribution in [0.25, 0.3) is 16.9 Å². The molecule has 1 aromatic carbocycles. The summed E-state index contributed by atoms with van der Waals surface area (Å²) < 4.78 is 2.83. The summed E-state index contributed by atoms with van der Waals surface area (Å²) in [5.41, 5.74) is 8.57. The SMILES string of the molecule is Nc1ccn2c(-c3ccccc3)nc(Br)c2c1. The van der Waals surface area contributed by atoms with Gasteiger partial charge in [-0.2, -0.15) is 0 Å². The molecule has 0 atom stereocenters. The van der Waals surface area contributed by atoms with Crippen molar-refractivity contribution in [3.8, 4) is 11.4 Å². The Balaban J connectivity index is 2.32. The Hall–Kier alpha value is -1.81. The van der Waals surface area contributed by atoms with Crippen molar-refractivity contribution in [2.75, 3.05) is 5.73 Å². The van der Waals surface area contributed by atoms with Gasteiger partial charge in [0.1, 0.15) is 10.4 Å². The number of fused-ring (bicyclic) bond motifs is 1. The van der Waals surface area contributed by atoms with Crippen LogP contribution in [0.15, 0.2) is 53.3 Å². The largest absolute Gasteiger partial charge is 0.399 e. The van der Waals surface area contributed by atoms with Crippen molar-refractivity contribution >= 4 is 27.1 Å². The summed E-state index contributed by atoms with van der Waals surface area (Å²) in [6.07, 6.45) is 1.94. The molecule has 0 fully saturated rings. The van der Waals surface area contributed by atoms with E-state index in [1.165, 1.54) is 0 Å². The molecule has 2 heterocycles. The third-order valence-electron chi connectivity index (χ3n) is 2.65. The Kier molecular flexibility index (Phi) is 2.37. The second kappa shape index (κ2) is 3.89. The summed E-state index contributed by atoms with van der Waals surface area (Å²) >= 11 is 3.46. The molecule has 0 aliphatic carbocycles. The van der Waals surface area contributed by atoms with Crippen molar-refractivity contribution in [3.63, 3.8) is 0 Å². The fourth-order valence-corrected chi connectivity index (χ4v) is 2.33. The van der Waals surface area contributed by atoms with Crippen LogP contribution in [-0.2, 0) is 0 Å². The predicted octanol–water partition coefficient (Wildman–Crippen LogP) is 3.35. The lowest BCUT2D eigenvalue weighted by Gasteiger charge is -2.01. The molecule has 3 aromatic rings. The van der Waals surface area contributed by atoms with Crippen LogP contribution >= 0.6 is 15.9 Å². The van der Waals surface area contributed by atoms with E-state index in [2.05, 4.69) is 20.9 Å². The highest BCUT2D eigenvalue weighted by atomic mass is 79.9. The highest BCUT2D eigenvalue weighted by Crippen LogP contribution is 2.26. The van der Waals surface area contributed by atoms with Crippen molar-refractivity contribution in [1.29, 1.82) is 0 Å². The maximum Gasteiger partial charge on any atom is 0.145 e. The van der Waals surface area contributed by atoms with Crippen LogP contribution in [0, 0.1) is 0 Å². The zero-order valence-electron chi connectivity index (χ0n) is 8.97. The van der Waals surface area contributed by atoms with E-state index in [9.17, 15) is 0 Å². The van der Waals surface area contributed by atoms with E-state index in [-0.39, 0.29) is 0 Å². The van der Waals surface area contributed by atoms with Gasteiger partial charge in [-0.05, 0) is 28.1 Å². The number of hydrogen-bond acceptors (Lipinski definition) is 2. The molecule has 0 spiro atoms. The molecule has 2 aromatic heterocycles. The molecule has 0 unspecified atom stereocenters. The summed E-state index contributed by atoms with van der Waals surface area (Å²) in [5, 5.41) is 0. The Morgan fingerprint density at radius 2 is 1.88 bits per heavy atom. The number of imidazole rings is 1. The van der Waals surface area contributed by atoms with Gasteiger partial charge in [0.25, 0.3) is 0 Å². The van der Waals surface area contributed by atoms with E-state index < -0.39 is 0 Å². The molecule has 0 saturated carbocycles. The average molecular weight is 288 g/mol. The molecule has 0 bridgehead atoms. The molecule has 0 aliphatic heterocycles. The Labute approximate surface area is 107 Å². The first-order chi connectivity index (χ1) is 8.25. The molecule has 0 aliphatic rings. The molecule has 84 valence electrons. The number of nitrogen functional groups attached to an aromatic ring is 1. The van der Waals surface area contributed by atoms with Gasteiger partial charge in [-0.1, -0.05) is 30.3 Å². The number of benzene rings is 1. The van der Waals surface area contributed by atoms with E-state index in [1.807, 2.05) is 53.1 Å². The number of nitrogens with two attached hydrogens (primary N) is 1. The summed E-state index contributed by atoms with van der Waals surface area (Å²) in [6.45, 7) is 0. The molecule has 0 amide bonds. The van der Waals surface area contributed by atoms with Gasteiger partial charge in [0.05, 0.1) is 5.52 Å². The number of rotatable bonds is 1. The second-order valence-electron chi connectivity index (χ2n) is 3.81. The summed E-state index contributed by atoms with van der Waals surface area (Å²) in [5.74, 6) is 0.910. The summed E-state index contributed by atoms with van der Waals surface area (Å²) in [4.78, 5) is 4.53. The zero-order chi connectivity index (χ0) is 11.8. The second-order valence-corrected chi connectivity index (χ2v) is 4.56. The van der Waals surface area contributed by atoms with Crippen molar-refractivity contribution in [2.45, 2.75) is 0 Å². The number of aromatic nitrogens is 2. The molecule has 4 heteroatoms. The first kappa shape index (κ1) is 10.4. The van der Waals surface area contributed by atoms with Crippen LogP contribution < -0.4 is 5.73 Å². The maximum absolute atomic E-state index is 5.78. The minimum atomic E-state index is 0.734. The van der Waals surface area contributed by atoms with Crippen molar-refractivity contribution in [3.05, 3.63) is 53.3 Å².